The summed E-state index contributed by atoms with van der Waals surface area (Å²) in [7, 11) is 0. The lowest BCUT2D eigenvalue weighted by molar-refractivity contribution is -0.125. The van der Waals surface area contributed by atoms with Crippen LogP contribution in [0.25, 0.3) is 10.9 Å². The maximum Gasteiger partial charge on any atom is 0.223 e. The van der Waals surface area contributed by atoms with E-state index in [0.29, 0.717) is 6.54 Å². The lowest BCUT2D eigenvalue weighted by Crippen LogP contribution is -2.31. The molecule has 0 radical (unpaired) electrons. The molecule has 0 saturated heterocycles. The molecule has 0 atom stereocenters. The second-order valence-electron chi connectivity index (χ2n) is 5.83. The van der Waals surface area contributed by atoms with Crippen molar-refractivity contribution in [3.8, 4) is 0 Å². The van der Waals surface area contributed by atoms with E-state index in [1.54, 1.807) is 0 Å². The van der Waals surface area contributed by atoms with Crippen molar-refractivity contribution in [3.63, 3.8) is 0 Å². The van der Waals surface area contributed by atoms with Crippen LogP contribution in [0.3, 0.4) is 0 Å². The van der Waals surface area contributed by atoms with Gasteiger partial charge in [-0.2, -0.15) is 0 Å². The lowest BCUT2D eigenvalue weighted by Gasteiger charge is -2.12. The summed E-state index contributed by atoms with van der Waals surface area (Å²) in [6.07, 6.45) is 2.70. The molecule has 1 aromatic carbocycles. The standard InChI is InChI=1S/C18H26N2O/c1-5-14(6-2)18(21)19-10-9-15-13(4)20-17-8-7-12(3)11-16(15)17/h7-8,11,14,20H,5-6,9-10H2,1-4H3,(H,19,21). The predicted octanol–water partition coefficient (Wildman–Crippen LogP) is 3.88. The van der Waals surface area contributed by atoms with Crippen LogP contribution in [-0.4, -0.2) is 17.4 Å². The van der Waals surface area contributed by atoms with Gasteiger partial charge in [-0.05, 0) is 50.8 Å². The van der Waals surface area contributed by atoms with E-state index >= 15 is 0 Å². The molecule has 0 fully saturated rings. The molecule has 0 spiro atoms. The Kier molecular flexibility index (Phi) is 5.05. The van der Waals surface area contributed by atoms with Crippen LogP contribution in [-0.2, 0) is 11.2 Å². The largest absolute Gasteiger partial charge is 0.358 e. The fourth-order valence-corrected chi connectivity index (χ4v) is 2.93. The Hall–Kier alpha value is -1.77. The van der Waals surface area contributed by atoms with Gasteiger partial charge in [0.2, 0.25) is 5.91 Å². The van der Waals surface area contributed by atoms with Crippen LogP contribution in [0.4, 0.5) is 0 Å². The Morgan fingerprint density at radius 2 is 1.95 bits per heavy atom. The van der Waals surface area contributed by atoms with Crippen LogP contribution >= 0.6 is 0 Å². The highest BCUT2D eigenvalue weighted by Gasteiger charge is 2.14. The van der Waals surface area contributed by atoms with E-state index in [-0.39, 0.29) is 11.8 Å². The third-order valence-electron chi connectivity index (χ3n) is 4.31. The minimum absolute atomic E-state index is 0.149. The van der Waals surface area contributed by atoms with Gasteiger partial charge in [-0.25, -0.2) is 0 Å². The monoisotopic (exact) mass is 286 g/mol. The van der Waals surface area contributed by atoms with E-state index in [9.17, 15) is 4.79 Å². The van der Waals surface area contributed by atoms with E-state index in [0.717, 1.165) is 19.3 Å². The number of rotatable bonds is 6. The van der Waals surface area contributed by atoms with E-state index in [1.165, 1.54) is 27.7 Å². The molecule has 1 aromatic heterocycles. The molecule has 1 amide bonds. The van der Waals surface area contributed by atoms with Gasteiger partial charge in [-0.15, -0.1) is 0 Å². The van der Waals surface area contributed by atoms with Crippen molar-refractivity contribution in [2.75, 3.05) is 6.54 Å². The van der Waals surface area contributed by atoms with Gasteiger partial charge in [-0.1, -0.05) is 25.5 Å². The molecule has 0 unspecified atom stereocenters. The molecule has 21 heavy (non-hydrogen) atoms. The number of carbonyl (C=O) groups excluding carboxylic acids is 1. The highest BCUT2D eigenvalue weighted by atomic mass is 16.1. The van der Waals surface area contributed by atoms with Gasteiger partial charge in [0.1, 0.15) is 0 Å². The van der Waals surface area contributed by atoms with Gasteiger partial charge in [0.25, 0.3) is 0 Å². The summed E-state index contributed by atoms with van der Waals surface area (Å²) in [6.45, 7) is 9.06. The fraction of sp³-hybridized carbons (Fsp3) is 0.500. The molecule has 0 saturated carbocycles. The third kappa shape index (κ3) is 3.46. The molecule has 2 rings (SSSR count). The Balaban J connectivity index is 2.05. The second kappa shape index (κ2) is 6.79. The number of carbonyl (C=O) groups is 1. The minimum Gasteiger partial charge on any atom is -0.358 e. The van der Waals surface area contributed by atoms with Crippen molar-refractivity contribution in [1.82, 2.24) is 10.3 Å². The summed E-state index contributed by atoms with van der Waals surface area (Å²) >= 11 is 0. The van der Waals surface area contributed by atoms with E-state index in [2.05, 4.69) is 56.2 Å². The van der Waals surface area contributed by atoms with Gasteiger partial charge in [0.15, 0.2) is 0 Å². The van der Waals surface area contributed by atoms with Crippen LogP contribution < -0.4 is 5.32 Å². The van der Waals surface area contributed by atoms with Crippen molar-refractivity contribution < 1.29 is 4.79 Å². The van der Waals surface area contributed by atoms with Crippen molar-refractivity contribution in [1.29, 1.82) is 0 Å². The van der Waals surface area contributed by atoms with Gasteiger partial charge in [0, 0.05) is 29.1 Å². The zero-order chi connectivity index (χ0) is 15.4. The summed E-state index contributed by atoms with van der Waals surface area (Å²) in [5.74, 6) is 0.338. The molecule has 3 nitrogen and oxygen atoms in total. The number of aromatic amines is 1. The van der Waals surface area contributed by atoms with Gasteiger partial charge < -0.3 is 10.3 Å². The first-order valence-corrected chi connectivity index (χ1v) is 7.92. The summed E-state index contributed by atoms with van der Waals surface area (Å²) < 4.78 is 0. The summed E-state index contributed by atoms with van der Waals surface area (Å²) in [5.41, 5.74) is 4.97. The normalized spacial score (nSPS) is 11.3. The zero-order valence-corrected chi connectivity index (χ0v) is 13.5. The molecule has 0 aliphatic heterocycles. The number of aromatic nitrogens is 1. The van der Waals surface area contributed by atoms with Crippen LogP contribution in [0.15, 0.2) is 18.2 Å². The molecule has 0 bridgehead atoms. The van der Waals surface area contributed by atoms with Crippen LogP contribution in [0.2, 0.25) is 0 Å². The highest BCUT2D eigenvalue weighted by molar-refractivity contribution is 5.85. The smallest absolute Gasteiger partial charge is 0.223 e. The minimum atomic E-state index is 0.149. The first-order chi connectivity index (χ1) is 10.1. The zero-order valence-electron chi connectivity index (χ0n) is 13.5. The molecule has 2 N–H and O–H groups in total. The number of amides is 1. The Morgan fingerprint density at radius 3 is 2.62 bits per heavy atom. The van der Waals surface area contributed by atoms with E-state index in [1.807, 2.05) is 0 Å². The summed E-state index contributed by atoms with van der Waals surface area (Å²) in [4.78, 5) is 15.4. The van der Waals surface area contributed by atoms with E-state index in [4.69, 9.17) is 0 Å². The maximum atomic E-state index is 12.0. The van der Waals surface area contributed by atoms with Gasteiger partial charge in [-0.3, -0.25) is 4.79 Å². The number of hydrogen-bond donors (Lipinski definition) is 2. The van der Waals surface area contributed by atoms with E-state index < -0.39 is 0 Å². The molecule has 1 heterocycles. The highest BCUT2D eigenvalue weighted by Crippen LogP contribution is 2.23. The molecule has 0 aliphatic rings. The molecule has 2 aromatic rings. The lowest BCUT2D eigenvalue weighted by atomic mass is 10.0. The second-order valence-corrected chi connectivity index (χ2v) is 5.83. The Morgan fingerprint density at radius 1 is 1.24 bits per heavy atom. The molecule has 3 heteroatoms. The quantitative estimate of drug-likeness (QED) is 0.831. The molecule has 114 valence electrons. The van der Waals surface area contributed by atoms with Crippen molar-refractivity contribution in [3.05, 3.63) is 35.0 Å². The fourth-order valence-electron chi connectivity index (χ4n) is 2.93. The molecule has 0 aliphatic carbocycles. The number of benzene rings is 1. The topological polar surface area (TPSA) is 44.9 Å². The summed E-state index contributed by atoms with van der Waals surface area (Å²) in [6, 6.07) is 6.47. The Bertz CT molecular complexity index is 623. The third-order valence-corrected chi connectivity index (χ3v) is 4.31. The average molecular weight is 286 g/mol. The number of H-pyrrole nitrogens is 1. The van der Waals surface area contributed by atoms with Crippen LogP contribution in [0.5, 0.6) is 0 Å². The van der Waals surface area contributed by atoms with Crippen molar-refractivity contribution in [2.45, 2.75) is 47.0 Å². The van der Waals surface area contributed by atoms with Gasteiger partial charge in [0.05, 0.1) is 0 Å². The first-order valence-electron chi connectivity index (χ1n) is 7.92. The SMILES string of the molecule is CCC(CC)C(=O)NCCc1c(C)[nH]c2ccc(C)cc12. The average Bonchev–Trinajstić information content (AvgIpc) is 2.76. The molecular weight excluding hydrogens is 260 g/mol. The van der Waals surface area contributed by atoms with Crippen molar-refractivity contribution >= 4 is 16.8 Å². The number of nitrogens with one attached hydrogen (secondary N) is 2. The van der Waals surface area contributed by atoms with Crippen molar-refractivity contribution in [2.24, 2.45) is 5.92 Å². The summed E-state index contributed by atoms with van der Waals surface area (Å²) in [5, 5.41) is 4.36. The Labute approximate surface area is 127 Å². The first kappa shape index (κ1) is 15.6. The van der Waals surface area contributed by atoms with Gasteiger partial charge >= 0.3 is 0 Å². The predicted molar refractivity (Wildman–Crippen MR) is 88.6 cm³/mol. The number of hydrogen-bond acceptors (Lipinski definition) is 1. The number of fused-ring (bicyclic) bond motifs is 1. The van der Waals surface area contributed by atoms with Crippen LogP contribution in [0, 0.1) is 19.8 Å². The maximum absolute atomic E-state index is 12.0. The van der Waals surface area contributed by atoms with Crippen LogP contribution in [0.1, 0.15) is 43.5 Å². The number of aryl methyl sites for hydroxylation is 2. The molecular formula is C18H26N2O.